The van der Waals surface area contributed by atoms with Gasteiger partial charge in [-0.1, -0.05) is 17.9 Å². The molecule has 0 aliphatic heterocycles. The lowest BCUT2D eigenvalue weighted by Crippen LogP contribution is -2.11. The van der Waals surface area contributed by atoms with Gasteiger partial charge in [0.25, 0.3) is 0 Å². The molecule has 0 radical (unpaired) electrons. The summed E-state index contributed by atoms with van der Waals surface area (Å²) in [5, 5.41) is 7.67. The average molecular weight is 239 g/mol. The predicted octanol–water partition coefficient (Wildman–Crippen LogP) is 0.966. The van der Waals surface area contributed by atoms with Crippen LogP contribution in [0.2, 0.25) is 0 Å². The Labute approximate surface area is 100 Å². The minimum atomic E-state index is -0.481. The van der Waals surface area contributed by atoms with Gasteiger partial charge in [-0.25, -0.2) is 9.48 Å². The molecule has 0 saturated carbocycles. The number of hydrogen-bond donors (Lipinski definition) is 0. The van der Waals surface area contributed by atoms with Gasteiger partial charge in [0, 0.05) is 6.61 Å². The number of rotatable bonds is 7. The first-order chi connectivity index (χ1) is 8.20. The molecule has 6 nitrogen and oxygen atoms in total. The van der Waals surface area contributed by atoms with Crippen LogP contribution in [0.1, 0.15) is 23.1 Å². The highest BCUT2D eigenvalue weighted by Crippen LogP contribution is 2.05. The van der Waals surface area contributed by atoms with Crippen LogP contribution in [0.25, 0.3) is 0 Å². The van der Waals surface area contributed by atoms with E-state index in [4.69, 9.17) is 9.47 Å². The predicted molar refractivity (Wildman–Crippen MR) is 61.7 cm³/mol. The molecule has 0 amide bonds. The molecule has 94 valence electrons. The SMILES string of the molecule is C=CCOC(=O)c1nnn(CCOCC)c1C. The van der Waals surface area contributed by atoms with Crippen LogP contribution in [-0.2, 0) is 16.0 Å². The van der Waals surface area contributed by atoms with E-state index in [1.165, 1.54) is 6.08 Å². The molecule has 0 bridgehead atoms. The second-order valence-electron chi connectivity index (χ2n) is 3.33. The number of aromatic nitrogens is 3. The van der Waals surface area contributed by atoms with E-state index in [0.717, 1.165) is 0 Å². The second-order valence-corrected chi connectivity index (χ2v) is 3.33. The van der Waals surface area contributed by atoms with Gasteiger partial charge in [0.2, 0.25) is 0 Å². The minimum Gasteiger partial charge on any atom is -0.457 e. The van der Waals surface area contributed by atoms with Crippen molar-refractivity contribution in [3.63, 3.8) is 0 Å². The number of nitrogens with zero attached hydrogens (tertiary/aromatic N) is 3. The summed E-state index contributed by atoms with van der Waals surface area (Å²) in [6.45, 7) is 9.11. The highest BCUT2D eigenvalue weighted by Gasteiger charge is 2.17. The molecule has 0 aliphatic rings. The van der Waals surface area contributed by atoms with Gasteiger partial charge in [0.05, 0.1) is 18.8 Å². The molecule has 1 rings (SSSR count). The third kappa shape index (κ3) is 3.67. The standard InChI is InChI=1S/C11H17N3O3/c1-4-7-17-11(15)10-9(3)14(13-12-10)6-8-16-5-2/h4H,1,5-8H2,2-3H3. The normalized spacial score (nSPS) is 10.2. The monoisotopic (exact) mass is 239 g/mol. The first kappa shape index (κ1) is 13.4. The first-order valence-corrected chi connectivity index (χ1v) is 5.46. The van der Waals surface area contributed by atoms with Crippen LogP contribution >= 0.6 is 0 Å². The van der Waals surface area contributed by atoms with Crippen molar-refractivity contribution in [2.24, 2.45) is 0 Å². The summed E-state index contributed by atoms with van der Waals surface area (Å²) in [6, 6.07) is 0. The molecule has 0 spiro atoms. The van der Waals surface area contributed by atoms with Crippen LogP contribution in [0.3, 0.4) is 0 Å². The Hall–Kier alpha value is -1.69. The van der Waals surface area contributed by atoms with Crippen LogP contribution in [0.15, 0.2) is 12.7 Å². The zero-order chi connectivity index (χ0) is 12.7. The van der Waals surface area contributed by atoms with Gasteiger partial charge in [0.15, 0.2) is 5.69 Å². The van der Waals surface area contributed by atoms with Gasteiger partial charge in [0.1, 0.15) is 6.61 Å². The summed E-state index contributed by atoms with van der Waals surface area (Å²) in [5.41, 5.74) is 0.919. The zero-order valence-corrected chi connectivity index (χ0v) is 10.2. The lowest BCUT2D eigenvalue weighted by atomic mass is 10.3. The van der Waals surface area contributed by atoms with Crippen molar-refractivity contribution in [1.82, 2.24) is 15.0 Å². The molecule has 6 heteroatoms. The summed E-state index contributed by atoms with van der Waals surface area (Å²) in [7, 11) is 0. The fourth-order valence-corrected chi connectivity index (χ4v) is 1.26. The van der Waals surface area contributed by atoms with Crippen LogP contribution in [0.4, 0.5) is 0 Å². The van der Waals surface area contributed by atoms with Crippen LogP contribution in [0.5, 0.6) is 0 Å². The number of carbonyl (C=O) groups excluding carboxylic acids is 1. The third-order valence-electron chi connectivity index (χ3n) is 2.16. The second kappa shape index (κ2) is 6.80. The molecular weight excluding hydrogens is 222 g/mol. The van der Waals surface area contributed by atoms with Crippen molar-refractivity contribution < 1.29 is 14.3 Å². The smallest absolute Gasteiger partial charge is 0.361 e. The Kier molecular flexibility index (Phi) is 5.35. The summed E-state index contributed by atoms with van der Waals surface area (Å²) < 4.78 is 11.7. The highest BCUT2D eigenvalue weighted by molar-refractivity contribution is 5.88. The number of ether oxygens (including phenoxy) is 2. The van der Waals surface area contributed by atoms with Crippen molar-refractivity contribution in [2.75, 3.05) is 19.8 Å². The van der Waals surface area contributed by atoms with Gasteiger partial charge in [-0.15, -0.1) is 5.10 Å². The van der Waals surface area contributed by atoms with Crippen molar-refractivity contribution in [2.45, 2.75) is 20.4 Å². The van der Waals surface area contributed by atoms with Crippen molar-refractivity contribution in [1.29, 1.82) is 0 Å². The van der Waals surface area contributed by atoms with Gasteiger partial charge < -0.3 is 9.47 Å². The Morgan fingerprint density at radius 2 is 2.35 bits per heavy atom. The Morgan fingerprint density at radius 3 is 3.00 bits per heavy atom. The molecule has 0 atom stereocenters. The van der Waals surface area contributed by atoms with Crippen molar-refractivity contribution >= 4 is 5.97 Å². The molecule has 1 aromatic rings. The Morgan fingerprint density at radius 1 is 1.59 bits per heavy atom. The third-order valence-corrected chi connectivity index (χ3v) is 2.16. The van der Waals surface area contributed by atoms with Gasteiger partial charge >= 0.3 is 5.97 Å². The number of hydrogen-bond acceptors (Lipinski definition) is 5. The van der Waals surface area contributed by atoms with Crippen LogP contribution < -0.4 is 0 Å². The van der Waals surface area contributed by atoms with Gasteiger partial charge in [-0.3, -0.25) is 0 Å². The fraction of sp³-hybridized carbons (Fsp3) is 0.545. The van der Waals surface area contributed by atoms with E-state index in [0.29, 0.717) is 25.5 Å². The van der Waals surface area contributed by atoms with E-state index in [1.54, 1.807) is 11.6 Å². The lowest BCUT2D eigenvalue weighted by molar-refractivity contribution is 0.0541. The topological polar surface area (TPSA) is 66.2 Å². The lowest BCUT2D eigenvalue weighted by Gasteiger charge is -2.03. The largest absolute Gasteiger partial charge is 0.457 e. The van der Waals surface area contributed by atoms with Gasteiger partial charge in [-0.2, -0.15) is 0 Å². The van der Waals surface area contributed by atoms with E-state index < -0.39 is 5.97 Å². The molecule has 0 unspecified atom stereocenters. The van der Waals surface area contributed by atoms with Crippen LogP contribution in [0, 0.1) is 6.92 Å². The summed E-state index contributed by atoms with van der Waals surface area (Å²) in [4.78, 5) is 11.6. The maximum Gasteiger partial charge on any atom is 0.361 e. The fourth-order valence-electron chi connectivity index (χ4n) is 1.26. The van der Waals surface area contributed by atoms with E-state index in [9.17, 15) is 4.79 Å². The van der Waals surface area contributed by atoms with Crippen molar-refractivity contribution in [3.8, 4) is 0 Å². The van der Waals surface area contributed by atoms with Gasteiger partial charge in [-0.05, 0) is 13.8 Å². The molecule has 0 saturated heterocycles. The summed E-state index contributed by atoms with van der Waals surface area (Å²) in [5.74, 6) is -0.481. The molecule has 0 aliphatic carbocycles. The molecule has 0 aromatic carbocycles. The quantitative estimate of drug-likeness (QED) is 0.403. The molecular formula is C11H17N3O3. The molecule has 17 heavy (non-hydrogen) atoms. The summed E-state index contributed by atoms with van der Waals surface area (Å²) in [6.07, 6.45) is 1.51. The maximum absolute atomic E-state index is 11.6. The Bertz CT molecular complexity index is 387. The minimum absolute atomic E-state index is 0.171. The molecule has 1 heterocycles. The maximum atomic E-state index is 11.6. The number of esters is 1. The zero-order valence-electron chi connectivity index (χ0n) is 10.2. The summed E-state index contributed by atoms with van der Waals surface area (Å²) >= 11 is 0. The van der Waals surface area contributed by atoms with Crippen LogP contribution in [-0.4, -0.2) is 40.8 Å². The van der Waals surface area contributed by atoms with E-state index >= 15 is 0 Å². The Balaban J connectivity index is 2.62. The van der Waals surface area contributed by atoms with Crippen molar-refractivity contribution in [3.05, 3.63) is 24.0 Å². The van der Waals surface area contributed by atoms with E-state index in [-0.39, 0.29) is 12.3 Å². The first-order valence-electron chi connectivity index (χ1n) is 5.46. The highest BCUT2D eigenvalue weighted by atomic mass is 16.5. The average Bonchev–Trinajstić information content (AvgIpc) is 2.68. The molecule has 0 N–H and O–H groups in total. The van der Waals surface area contributed by atoms with E-state index in [2.05, 4.69) is 16.9 Å². The molecule has 0 fully saturated rings. The molecule has 1 aromatic heterocycles. The number of carbonyl (C=O) groups is 1. The van der Waals surface area contributed by atoms with E-state index in [1.807, 2.05) is 6.92 Å².